The first-order valence-corrected chi connectivity index (χ1v) is 12.8. The van der Waals surface area contributed by atoms with Crippen molar-refractivity contribution in [1.82, 2.24) is 19.8 Å². The molecule has 2 aromatic rings. The van der Waals surface area contributed by atoms with Gasteiger partial charge in [-0.1, -0.05) is 0 Å². The van der Waals surface area contributed by atoms with Crippen LogP contribution < -0.4 is 0 Å². The van der Waals surface area contributed by atoms with E-state index in [9.17, 15) is 39.7 Å². The predicted octanol–water partition coefficient (Wildman–Crippen LogP) is 0.0796. The average molecular weight is 558 g/mol. The number of carbonyl (C=O) groups is 2. The number of nitrogens with zero attached hydrogens (tertiary/aromatic N) is 4. The summed E-state index contributed by atoms with van der Waals surface area (Å²) in [6.07, 6.45) is 2.62. The zero-order chi connectivity index (χ0) is 28.6. The third-order valence-electron chi connectivity index (χ3n) is 5.63. The summed E-state index contributed by atoms with van der Waals surface area (Å²) in [7, 11) is -4.84. The lowest BCUT2D eigenvalue weighted by Gasteiger charge is -2.27. The van der Waals surface area contributed by atoms with E-state index in [1.54, 1.807) is 6.92 Å². The van der Waals surface area contributed by atoms with Crippen LogP contribution in [0.25, 0.3) is 0 Å². The predicted molar refractivity (Wildman–Crippen MR) is 130 cm³/mol. The first-order valence-electron chi connectivity index (χ1n) is 11.2. The zero-order valence-electron chi connectivity index (χ0n) is 20.8. The van der Waals surface area contributed by atoms with Crippen LogP contribution in [0.4, 0.5) is 0 Å². The topological polar surface area (TPSA) is 234 Å². The fraction of sp³-hybridized carbons (Fsp3) is 0.455. The van der Waals surface area contributed by atoms with Crippen molar-refractivity contribution in [3.8, 4) is 11.5 Å². The molecule has 2 aromatic heterocycles. The molecule has 38 heavy (non-hydrogen) atoms. The minimum Gasteiger partial charge on any atom is -0.506 e. The first-order chi connectivity index (χ1) is 17.7. The molecule has 0 fully saturated rings. The fourth-order valence-corrected chi connectivity index (χ4v) is 3.98. The Kier molecular flexibility index (Phi) is 11.1. The summed E-state index contributed by atoms with van der Waals surface area (Å²) >= 11 is 0. The van der Waals surface area contributed by atoms with Crippen molar-refractivity contribution < 1.29 is 54.0 Å². The van der Waals surface area contributed by atoms with Crippen molar-refractivity contribution in [1.29, 1.82) is 0 Å². The van der Waals surface area contributed by atoms with Crippen LogP contribution in [0.15, 0.2) is 12.4 Å². The molecule has 0 aliphatic carbocycles. The number of hydrogen-bond donors (Lipinski definition) is 7. The number of rotatable bonds is 15. The number of aliphatic hydroxyl groups excluding tert-OH is 1. The van der Waals surface area contributed by atoms with Gasteiger partial charge in [0.15, 0.2) is 0 Å². The molecule has 15 nitrogen and oxygen atoms in total. The third-order valence-corrected chi connectivity index (χ3v) is 6.10. The Balaban J connectivity index is 2.31. The maximum absolute atomic E-state index is 11.6. The molecule has 0 aromatic carbocycles. The van der Waals surface area contributed by atoms with E-state index in [0.29, 0.717) is 5.56 Å². The highest BCUT2D eigenvalue weighted by atomic mass is 31.2. The van der Waals surface area contributed by atoms with Gasteiger partial charge in [-0.2, -0.15) is 0 Å². The van der Waals surface area contributed by atoms with E-state index >= 15 is 0 Å². The molecule has 210 valence electrons. The van der Waals surface area contributed by atoms with Gasteiger partial charge in [0, 0.05) is 60.8 Å². The van der Waals surface area contributed by atoms with Crippen molar-refractivity contribution >= 4 is 19.8 Å². The van der Waals surface area contributed by atoms with Crippen LogP contribution in [0.5, 0.6) is 11.5 Å². The molecular formula is C22H31N4O11P. The van der Waals surface area contributed by atoms with Crippen LogP contribution in [0.2, 0.25) is 0 Å². The summed E-state index contributed by atoms with van der Waals surface area (Å²) in [6, 6.07) is 0. The lowest BCUT2D eigenvalue weighted by atomic mass is 10.1. The number of phosphoric ester groups is 1. The molecule has 0 atom stereocenters. The smallest absolute Gasteiger partial charge is 0.469 e. The van der Waals surface area contributed by atoms with E-state index in [0.717, 1.165) is 0 Å². The number of aromatic nitrogens is 2. The standard InChI is InChI=1S/C22H31N4O11P/c1-13-21(32)17(15(11-27)5-23-13)7-25(9-19(28)29)3-4-26(10-20(30)31)8-18-16(12-37-38(34,35)36)6-24-14(2)22(18)33/h5-6,27,32-33H,3-4,7-12H2,1-2H3,(H,28,29)(H,30,31)(H2,34,35,36). The number of phosphoric acid groups is 1. The highest BCUT2D eigenvalue weighted by Gasteiger charge is 2.23. The number of carboxylic acids is 2. The summed E-state index contributed by atoms with van der Waals surface area (Å²) < 4.78 is 15.7. The van der Waals surface area contributed by atoms with Crippen LogP contribution in [0.3, 0.4) is 0 Å². The molecule has 0 saturated heterocycles. The van der Waals surface area contributed by atoms with Gasteiger partial charge in [-0.05, 0) is 13.8 Å². The van der Waals surface area contributed by atoms with Crippen LogP contribution in [-0.2, 0) is 45.0 Å². The molecule has 0 radical (unpaired) electrons. The van der Waals surface area contributed by atoms with Gasteiger partial charge in [0.1, 0.15) is 11.5 Å². The highest BCUT2D eigenvalue weighted by molar-refractivity contribution is 7.46. The Morgan fingerprint density at radius 1 is 0.868 bits per heavy atom. The van der Waals surface area contributed by atoms with Gasteiger partial charge in [-0.15, -0.1) is 0 Å². The Morgan fingerprint density at radius 3 is 1.68 bits per heavy atom. The van der Waals surface area contributed by atoms with E-state index in [4.69, 9.17) is 9.79 Å². The number of aryl methyl sites for hydroxylation is 2. The van der Waals surface area contributed by atoms with Crippen LogP contribution in [-0.4, -0.2) is 93.2 Å². The molecule has 0 amide bonds. The normalized spacial score (nSPS) is 11.9. The Bertz CT molecular complexity index is 1200. The van der Waals surface area contributed by atoms with Crippen molar-refractivity contribution in [2.75, 3.05) is 26.2 Å². The largest absolute Gasteiger partial charge is 0.506 e. The van der Waals surface area contributed by atoms with Gasteiger partial charge in [0.2, 0.25) is 0 Å². The molecule has 0 saturated carbocycles. The fourth-order valence-electron chi connectivity index (χ4n) is 3.68. The van der Waals surface area contributed by atoms with Gasteiger partial charge in [0.05, 0.1) is 37.7 Å². The maximum atomic E-state index is 11.6. The van der Waals surface area contributed by atoms with E-state index in [1.807, 2.05) is 0 Å². The van der Waals surface area contributed by atoms with Gasteiger partial charge >= 0.3 is 19.8 Å². The molecule has 16 heteroatoms. The van der Waals surface area contributed by atoms with E-state index in [1.165, 1.54) is 29.1 Å². The summed E-state index contributed by atoms with van der Waals surface area (Å²) in [6.45, 7) is 0.735. The average Bonchev–Trinajstić information content (AvgIpc) is 2.81. The summed E-state index contributed by atoms with van der Waals surface area (Å²) in [5.41, 5.74) is 1.33. The first kappa shape index (κ1) is 31.1. The van der Waals surface area contributed by atoms with Crippen LogP contribution >= 0.6 is 7.82 Å². The summed E-state index contributed by atoms with van der Waals surface area (Å²) in [5.74, 6) is -2.89. The van der Waals surface area contributed by atoms with Crippen molar-refractivity contribution in [3.63, 3.8) is 0 Å². The van der Waals surface area contributed by atoms with Gasteiger partial charge in [0.25, 0.3) is 0 Å². The molecule has 2 heterocycles. The zero-order valence-corrected chi connectivity index (χ0v) is 21.7. The summed E-state index contributed by atoms with van der Waals surface area (Å²) in [5, 5.41) is 49.5. The summed E-state index contributed by atoms with van der Waals surface area (Å²) in [4.78, 5) is 51.9. The molecule has 0 aliphatic heterocycles. The van der Waals surface area contributed by atoms with Crippen molar-refractivity contribution in [2.45, 2.75) is 40.2 Å². The van der Waals surface area contributed by atoms with Gasteiger partial charge < -0.3 is 35.3 Å². The van der Waals surface area contributed by atoms with Crippen molar-refractivity contribution in [3.05, 3.63) is 46.0 Å². The second kappa shape index (κ2) is 13.6. The van der Waals surface area contributed by atoms with E-state index in [2.05, 4.69) is 14.5 Å². The Labute approximate surface area is 217 Å². The number of aliphatic hydroxyl groups is 1. The second-order valence-corrected chi connectivity index (χ2v) is 9.76. The van der Waals surface area contributed by atoms with Crippen LogP contribution in [0.1, 0.15) is 33.6 Å². The molecule has 0 spiro atoms. The molecule has 2 rings (SSSR count). The number of hydrogen-bond acceptors (Lipinski definition) is 11. The minimum atomic E-state index is -4.84. The Morgan fingerprint density at radius 2 is 1.29 bits per heavy atom. The molecular weight excluding hydrogens is 527 g/mol. The van der Waals surface area contributed by atoms with E-state index in [-0.39, 0.29) is 65.8 Å². The molecule has 0 unspecified atom stereocenters. The number of carboxylic acid groups (broad SMARTS) is 2. The van der Waals surface area contributed by atoms with E-state index < -0.39 is 46.1 Å². The minimum absolute atomic E-state index is 0.00437. The highest BCUT2D eigenvalue weighted by Crippen LogP contribution is 2.38. The van der Waals surface area contributed by atoms with Gasteiger partial charge in [-0.25, -0.2) is 4.57 Å². The third kappa shape index (κ3) is 9.29. The quantitative estimate of drug-likeness (QED) is 0.143. The molecule has 7 N–H and O–H groups in total. The molecule has 0 aliphatic rings. The van der Waals surface area contributed by atoms with Crippen molar-refractivity contribution in [2.24, 2.45) is 0 Å². The molecule has 0 bridgehead atoms. The maximum Gasteiger partial charge on any atom is 0.469 e. The van der Waals surface area contributed by atoms with Crippen LogP contribution in [0, 0.1) is 13.8 Å². The Hall–Kier alpha value is -3.17. The lowest BCUT2D eigenvalue weighted by molar-refractivity contribution is -0.140. The van der Waals surface area contributed by atoms with Gasteiger partial charge in [-0.3, -0.25) is 33.9 Å². The number of pyridine rings is 2. The lowest BCUT2D eigenvalue weighted by Crippen LogP contribution is -2.39. The number of aromatic hydroxyl groups is 2. The second-order valence-electron chi connectivity index (χ2n) is 8.52. The monoisotopic (exact) mass is 558 g/mol. The SMILES string of the molecule is Cc1ncc(CO)c(CN(CCN(CC(=O)O)Cc2c(COP(=O)(O)O)cnc(C)c2O)CC(=O)O)c1O. The number of aliphatic carboxylic acids is 2.